The van der Waals surface area contributed by atoms with E-state index in [0.29, 0.717) is 12.4 Å². The lowest BCUT2D eigenvalue weighted by Crippen LogP contribution is -2.05. The molecule has 0 amide bonds. The number of hydrogen-bond acceptors (Lipinski definition) is 3. The fourth-order valence-electron chi connectivity index (χ4n) is 2.95. The Morgan fingerprint density at radius 1 is 1.14 bits per heavy atom. The molecule has 0 saturated heterocycles. The summed E-state index contributed by atoms with van der Waals surface area (Å²) in [5.74, 6) is 1.55. The number of nitrogens with two attached hydrogens (primary N) is 1. The molecule has 1 aromatic heterocycles. The van der Waals surface area contributed by atoms with E-state index in [1.165, 1.54) is 28.8 Å². The van der Waals surface area contributed by atoms with Crippen LogP contribution in [0.2, 0.25) is 0 Å². The van der Waals surface area contributed by atoms with Gasteiger partial charge in [0.2, 0.25) is 5.88 Å². The summed E-state index contributed by atoms with van der Waals surface area (Å²) >= 11 is 0. The maximum absolute atomic E-state index is 6.13. The van der Waals surface area contributed by atoms with Crippen molar-refractivity contribution in [1.29, 1.82) is 0 Å². The first-order valence-corrected chi connectivity index (χ1v) is 7.56. The largest absolute Gasteiger partial charge is 0.438 e. The summed E-state index contributed by atoms with van der Waals surface area (Å²) in [6, 6.07) is 6.41. The van der Waals surface area contributed by atoms with Gasteiger partial charge in [0.05, 0.1) is 0 Å². The molecule has 0 atom stereocenters. The molecule has 0 radical (unpaired) electrons. The Morgan fingerprint density at radius 3 is 2.71 bits per heavy atom. The zero-order valence-electron chi connectivity index (χ0n) is 13.0. The van der Waals surface area contributed by atoms with Gasteiger partial charge in [-0.2, -0.15) is 0 Å². The molecular weight excluding hydrogens is 260 g/mol. The number of pyridine rings is 1. The SMILES string of the molecule is Cc1cc(C)c(C)c(Oc2nc3c(cc2CN)CCC3)c1. The second kappa shape index (κ2) is 5.49. The van der Waals surface area contributed by atoms with E-state index >= 15 is 0 Å². The molecular formula is C18H22N2O. The highest BCUT2D eigenvalue weighted by Crippen LogP contribution is 2.32. The van der Waals surface area contributed by atoms with Gasteiger partial charge in [-0.25, -0.2) is 4.98 Å². The summed E-state index contributed by atoms with van der Waals surface area (Å²) in [6.07, 6.45) is 3.33. The summed E-state index contributed by atoms with van der Waals surface area (Å²) in [4.78, 5) is 4.72. The predicted octanol–water partition coefficient (Wildman–Crippen LogP) is 3.75. The molecule has 0 aliphatic heterocycles. The minimum Gasteiger partial charge on any atom is -0.438 e. The molecule has 1 heterocycles. The van der Waals surface area contributed by atoms with E-state index in [-0.39, 0.29) is 0 Å². The van der Waals surface area contributed by atoms with Gasteiger partial charge in [-0.05, 0) is 74.4 Å². The average molecular weight is 282 g/mol. The third kappa shape index (κ3) is 2.66. The monoisotopic (exact) mass is 282 g/mol. The fourth-order valence-corrected chi connectivity index (χ4v) is 2.95. The minimum atomic E-state index is 0.458. The molecule has 110 valence electrons. The Balaban J connectivity index is 2.02. The van der Waals surface area contributed by atoms with Crippen molar-refractivity contribution in [3.8, 4) is 11.6 Å². The van der Waals surface area contributed by atoms with Crippen molar-refractivity contribution in [2.75, 3.05) is 0 Å². The standard InChI is InChI=1S/C18H22N2O/c1-11-7-12(2)13(3)17(8-11)21-18-15(10-19)9-14-5-4-6-16(14)20-18/h7-9H,4-6,10,19H2,1-3H3. The van der Waals surface area contributed by atoms with E-state index in [0.717, 1.165) is 29.7 Å². The Labute approximate surface area is 126 Å². The van der Waals surface area contributed by atoms with E-state index < -0.39 is 0 Å². The van der Waals surface area contributed by atoms with Crippen LogP contribution in [-0.4, -0.2) is 4.98 Å². The van der Waals surface area contributed by atoms with Crippen LogP contribution < -0.4 is 10.5 Å². The van der Waals surface area contributed by atoms with Gasteiger partial charge in [0.1, 0.15) is 5.75 Å². The summed E-state index contributed by atoms with van der Waals surface area (Å²) in [5, 5.41) is 0. The van der Waals surface area contributed by atoms with Crippen LogP contribution in [-0.2, 0) is 19.4 Å². The van der Waals surface area contributed by atoms with Crippen molar-refractivity contribution in [3.05, 3.63) is 51.7 Å². The molecule has 0 fully saturated rings. The molecule has 1 aromatic carbocycles. The first kappa shape index (κ1) is 14.1. The van der Waals surface area contributed by atoms with Crippen molar-refractivity contribution < 1.29 is 4.74 Å². The van der Waals surface area contributed by atoms with Crippen LogP contribution in [0.15, 0.2) is 18.2 Å². The van der Waals surface area contributed by atoms with Gasteiger partial charge < -0.3 is 10.5 Å². The summed E-state index contributed by atoms with van der Waals surface area (Å²) in [5.41, 5.74) is 13.0. The molecule has 0 saturated carbocycles. The predicted molar refractivity (Wildman–Crippen MR) is 84.9 cm³/mol. The summed E-state index contributed by atoms with van der Waals surface area (Å²) in [7, 11) is 0. The Kier molecular flexibility index (Phi) is 3.68. The van der Waals surface area contributed by atoms with Crippen LogP contribution in [0.1, 0.15) is 39.9 Å². The van der Waals surface area contributed by atoms with Gasteiger partial charge in [-0.3, -0.25) is 0 Å². The van der Waals surface area contributed by atoms with Crippen LogP contribution >= 0.6 is 0 Å². The quantitative estimate of drug-likeness (QED) is 0.932. The Morgan fingerprint density at radius 2 is 1.95 bits per heavy atom. The molecule has 1 aliphatic rings. The first-order chi connectivity index (χ1) is 10.1. The molecule has 2 aromatic rings. The zero-order valence-corrected chi connectivity index (χ0v) is 13.0. The Bertz CT molecular complexity index is 692. The van der Waals surface area contributed by atoms with Crippen LogP contribution in [0, 0.1) is 20.8 Å². The van der Waals surface area contributed by atoms with E-state index in [4.69, 9.17) is 15.5 Å². The third-order valence-corrected chi connectivity index (χ3v) is 4.28. The van der Waals surface area contributed by atoms with Crippen molar-refractivity contribution >= 4 is 0 Å². The number of benzene rings is 1. The molecule has 21 heavy (non-hydrogen) atoms. The molecule has 1 aliphatic carbocycles. The molecule has 3 nitrogen and oxygen atoms in total. The van der Waals surface area contributed by atoms with E-state index in [1.807, 2.05) is 0 Å². The molecule has 0 unspecified atom stereocenters. The number of hydrogen-bond donors (Lipinski definition) is 1. The number of nitrogens with zero attached hydrogens (tertiary/aromatic N) is 1. The van der Waals surface area contributed by atoms with Gasteiger partial charge in [0.25, 0.3) is 0 Å². The highest BCUT2D eigenvalue weighted by molar-refractivity contribution is 5.45. The summed E-state index contributed by atoms with van der Waals surface area (Å²) < 4.78 is 6.13. The third-order valence-electron chi connectivity index (χ3n) is 4.28. The molecule has 2 N–H and O–H groups in total. The van der Waals surface area contributed by atoms with Gasteiger partial charge >= 0.3 is 0 Å². The van der Waals surface area contributed by atoms with Crippen molar-refractivity contribution in [1.82, 2.24) is 4.98 Å². The number of aromatic nitrogens is 1. The van der Waals surface area contributed by atoms with Crippen molar-refractivity contribution in [2.45, 2.75) is 46.6 Å². The maximum Gasteiger partial charge on any atom is 0.223 e. The van der Waals surface area contributed by atoms with E-state index in [9.17, 15) is 0 Å². The zero-order chi connectivity index (χ0) is 15.0. The van der Waals surface area contributed by atoms with Crippen LogP contribution in [0.5, 0.6) is 11.6 Å². The lowest BCUT2D eigenvalue weighted by atomic mass is 10.1. The summed E-state index contributed by atoms with van der Waals surface area (Å²) in [6.45, 7) is 6.73. The highest BCUT2D eigenvalue weighted by Gasteiger charge is 2.17. The average Bonchev–Trinajstić information content (AvgIpc) is 2.90. The molecule has 3 heteroatoms. The molecule has 0 bridgehead atoms. The van der Waals surface area contributed by atoms with Crippen LogP contribution in [0.3, 0.4) is 0 Å². The van der Waals surface area contributed by atoms with Crippen molar-refractivity contribution in [3.63, 3.8) is 0 Å². The van der Waals surface area contributed by atoms with Gasteiger partial charge in [0.15, 0.2) is 0 Å². The number of ether oxygens (including phenoxy) is 1. The normalized spacial score (nSPS) is 13.3. The van der Waals surface area contributed by atoms with Gasteiger partial charge in [-0.1, -0.05) is 6.07 Å². The lowest BCUT2D eigenvalue weighted by molar-refractivity contribution is 0.450. The topological polar surface area (TPSA) is 48.1 Å². The first-order valence-electron chi connectivity index (χ1n) is 7.56. The second-order valence-electron chi connectivity index (χ2n) is 5.92. The Hall–Kier alpha value is -1.87. The highest BCUT2D eigenvalue weighted by atomic mass is 16.5. The molecule has 0 spiro atoms. The van der Waals surface area contributed by atoms with E-state index in [1.54, 1.807) is 0 Å². The number of fused-ring (bicyclic) bond motifs is 1. The lowest BCUT2D eigenvalue weighted by Gasteiger charge is -2.15. The fraction of sp³-hybridized carbons (Fsp3) is 0.389. The van der Waals surface area contributed by atoms with E-state index in [2.05, 4.69) is 39.0 Å². The maximum atomic E-state index is 6.13. The van der Waals surface area contributed by atoms with Crippen LogP contribution in [0.4, 0.5) is 0 Å². The number of rotatable bonds is 3. The van der Waals surface area contributed by atoms with Crippen LogP contribution in [0.25, 0.3) is 0 Å². The smallest absolute Gasteiger partial charge is 0.223 e. The second-order valence-corrected chi connectivity index (χ2v) is 5.92. The molecule has 3 rings (SSSR count). The van der Waals surface area contributed by atoms with Gasteiger partial charge in [0, 0.05) is 17.8 Å². The number of aryl methyl sites for hydroxylation is 4. The van der Waals surface area contributed by atoms with Crippen molar-refractivity contribution in [2.24, 2.45) is 5.73 Å². The minimum absolute atomic E-state index is 0.458. The van der Waals surface area contributed by atoms with Gasteiger partial charge in [-0.15, -0.1) is 0 Å².